The third kappa shape index (κ3) is 1.71. The normalized spacial score (nSPS) is 12.0. The van der Waals surface area contributed by atoms with Crippen molar-refractivity contribution in [2.24, 2.45) is 0 Å². The molecule has 0 aliphatic heterocycles. The Morgan fingerprint density at radius 2 is 2.10 bits per heavy atom. The lowest BCUT2D eigenvalue weighted by Gasteiger charge is -2.19. The molecular formula is C7H11IN2. The Kier molecular flexibility index (Phi) is 2.03. The number of nitrogens with zero attached hydrogens (tertiary/aromatic N) is 2. The molecule has 0 fully saturated rings. The fourth-order valence-corrected chi connectivity index (χ4v) is 1.09. The zero-order valence-corrected chi connectivity index (χ0v) is 8.58. The Labute approximate surface area is 74.8 Å². The maximum Gasteiger partial charge on any atom is 0.119 e. The van der Waals surface area contributed by atoms with Crippen molar-refractivity contribution in [2.45, 2.75) is 26.3 Å². The van der Waals surface area contributed by atoms with E-state index in [4.69, 9.17) is 0 Å². The van der Waals surface area contributed by atoms with E-state index >= 15 is 0 Å². The van der Waals surface area contributed by atoms with E-state index in [0.717, 1.165) is 3.70 Å². The minimum absolute atomic E-state index is 0.163. The van der Waals surface area contributed by atoms with Gasteiger partial charge in [-0.2, -0.15) is 0 Å². The molecule has 3 heteroatoms. The monoisotopic (exact) mass is 250 g/mol. The van der Waals surface area contributed by atoms with Crippen molar-refractivity contribution in [3.8, 4) is 0 Å². The lowest BCUT2D eigenvalue weighted by Crippen LogP contribution is -2.19. The van der Waals surface area contributed by atoms with E-state index in [0.29, 0.717) is 0 Å². The first-order valence-electron chi connectivity index (χ1n) is 3.20. The van der Waals surface area contributed by atoms with Crippen molar-refractivity contribution >= 4 is 22.6 Å². The Bertz CT molecular complexity index is 222. The van der Waals surface area contributed by atoms with E-state index in [1.807, 2.05) is 12.5 Å². The highest BCUT2D eigenvalue weighted by atomic mass is 127. The van der Waals surface area contributed by atoms with Gasteiger partial charge in [0.2, 0.25) is 0 Å². The van der Waals surface area contributed by atoms with Gasteiger partial charge >= 0.3 is 0 Å². The molecule has 0 amide bonds. The van der Waals surface area contributed by atoms with E-state index in [1.54, 1.807) is 0 Å². The van der Waals surface area contributed by atoms with Crippen LogP contribution >= 0.6 is 22.6 Å². The summed E-state index contributed by atoms with van der Waals surface area (Å²) in [5.74, 6) is 0. The van der Waals surface area contributed by atoms with Crippen LogP contribution in [0.2, 0.25) is 0 Å². The van der Waals surface area contributed by atoms with Crippen LogP contribution in [0.15, 0.2) is 12.5 Å². The van der Waals surface area contributed by atoms with Crippen molar-refractivity contribution < 1.29 is 0 Å². The third-order valence-electron chi connectivity index (χ3n) is 1.33. The predicted molar refractivity (Wildman–Crippen MR) is 49.9 cm³/mol. The largest absolute Gasteiger partial charge is 0.331 e. The van der Waals surface area contributed by atoms with Crippen LogP contribution in [0.1, 0.15) is 20.8 Å². The first kappa shape index (κ1) is 8.04. The second-order valence-corrected chi connectivity index (χ2v) is 4.38. The molecule has 1 aromatic heterocycles. The average Bonchev–Trinajstić information content (AvgIpc) is 2.11. The SMILES string of the molecule is CC(C)(C)n1cnc(I)c1. The molecule has 0 spiro atoms. The molecule has 0 atom stereocenters. The number of aromatic nitrogens is 2. The average molecular weight is 250 g/mol. The van der Waals surface area contributed by atoms with E-state index in [-0.39, 0.29) is 5.54 Å². The molecule has 0 saturated carbocycles. The highest BCUT2D eigenvalue weighted by Gasteiger charge is 2.11. The van der Waals surface area contributed by atoms with E-state index in [9.17, 15) is 0 Å². The molecule has 0 bridgehead atoms. The van der Waals surface area contributed by atoms with Crippen molar-refractivity contribution in [1.29, 1.82) is 0 Å². The van der Waals surface area contributed by atoms with Gasteiger partial charge in [0.25, 0.3) is 0 Å². The van der Waals surface area contributed by atoms with Crippen LogP contribution in [0.4, 0.5) is 0 Å². The zero-order valence-electron chi connectivity index (χ0n) is 6.43. The smallest absolute Gasteiger partial charge is 0.119 e. The van der Waals surface area contributed by atoms with Gasteiger partial charge < -0.3 is 4.57 Å². The highest BCUT2D eigenvalue weighted by Crippen LogP contribution is 2.14. The Hall–Kier alpha value is -0.0600. The summed E-state index contributed by atoms with van der Waals surface area (Å²) in [6.45, 7) is 6.47. The number of rotatable bonds is 0. The number of imidazole rings is 1. The second kappa shape index (κ2) is 2.53. The maximum atomic E-state index is 4.13. The summed E-state index contributed by atoms with van der Waals surface area (Å²) in [6, 6.07) is 0. The van der Waals surface area contributed by atoms with Crippen LogP contribution in [0, 0.1) is 3.70 Å². The van der Waals surface area contributed by atoms with Gasteiger partial charge in [-0.25, -0.2) is 4.98 Å². The van der Waals surface area contributed by atoms with Crippen molar-refractivity contribution in [2.75, 3.05) is 0 Å². The zero-order chi connectivity index (χ0) is 7.78. The summed E-state index contributed by atoms with van der Waals surface area (Å²) in [5.41, 5.74) is 0.163. The van der Waals surface area contributed by atoms with E-state index < -0.39 is 0 Å². The first-order valence-corrected chi connectivity index (χ1v) is 4.28. The molecule has 10 heavy (non-hydrogen) atoms. The van der Waals surface area contributed by atoms with Gasteiger partial charge in [-0.15, -0.1) is 0 Å². The third-order valence-corrected chi connectivity index (χ3v) is 1.88. The minimum atomic E-state index is 0.163. The Balaban J connectivity index is 2.96. The van der Waals surface area contributed by atoms with Crippen LogP contribution in [0.25, 0.3) is 0 Å². The summed E-state index contributed by atoms with van der Waals surface area (Å²) in [4.78, 5) is 4.13. The molecule has 0 radical (unpaired) electrons. The van der Waals surface area contributed by atoms with Gasteiger partial charge in [0, 0.05) is 11.7 Å². The fraction of sp³-hybridized carbons (Fsp3) is 0.571. The van der Waals surface area contributed by atoms with Crippen LogP contribution in [0.5, 0.6) is 0 Å². The number of hydrogen-bond donors (Lipinski definition) is 0. The summed E-state index contributed by atoms with van der Waals surface area (Å²) >= 11 is 2.21. The minimum Gasteiger partial charge on any atom is -0.331 e. The van der Waals surface area contributed by atoms with Gasteiger partial charge in [0.15, 0.2) is 0 Å². The first-order chi connectivity index (χ1) is 4.50. The Morgan fingerprint density at radius 1 is 1.50 bits per heavy atom. The quantitative estimate of drug-likeness (QED) is 0.645. The van der Waals surface area contributed by atoms with Gasteiger partial charge in [-0.05, 0) is 43.4 Å². The highest BCUT2D eigenvalue weighted by molar-refractivity contribution is 14.1. The van der Waals surface area contributed by atoms with Gasteiger partial charge in [-0.1, -0.05) is 0 Å². The lowest BCUT2D eigenvalue weighted by atomic mass is 10.1. The molecule has 0 unspecified atom stereocenters. The fourth-order valence-electron chi connectivity index (χ4n) is 0.666. The summed E-state index contributed by atoms with van der Waals surface area (Å²) < 4.78 is 3.15. The van der Waals surface area contributed by atoms with Crippen LogP contribution in [0.3, 0.4) is 0 Å². The molecular weight excluding hydrogens is 239 g/mol. The summed E-state index contributed by atoms with van der Waals surface area (Å²) in [7, 11) is 0. The van der Waals surface area contributed by atoms with Crippen molar-refractivity contribution in [3.05, 3.63) is 16.2 Å². The molecule has 2 nitrogen and oxygen atoms in total. The van der Waals surface area contributed by atoms with Gasteiger partial charge in [0.1, 0.15) is 3.70 Å². The van der Waals surface area contributed by atoms with Crippen LogP contribution < -0.4 is 0 Å². The van der Waals surface area contributed by atoms with Crippen LogP contribution in [-0.2, 0) is 5.54 Å². The van der Waals surface area contributed by atoms with Crippen LogP contribution in [-0.4, -0.2) is 9.55 Å². The van der Waals surface area contributed by atoms with Gasteiger partial charge in [0.05, 0.1) is 6.33 Å². The van der Waals surface area contributed by atoms with E-state index in [1.165, 1.54) is 0 Å². The number of halogens is 1. The predicted octanol–water partition coefficient (Wildman–Crippen LogP) is 2.24. The Morgan fingerprint density at radius 3 is 2.30 bits per heavy atom. The molecule has 1 heterocycles. The van der Waals surface area contributed by atoms with Crippen molar-refractivity contribution in [1.82, 2.24) is 9.55 Å². The lowest BCUT2D eigenvalue weighted by molar-refractivity contribution is 0.396. The van der Waals surface area contributed by atoms with Crippen molar-refractivity contribution in [3.63, 3.8) is 0 Å². The second-order valence-electron chi connectivity index (χ2n) is 3.27. The van der Waals surface area contributed by atoms with Gasteiger partial charge in [-0.3, -0.25) is 0 Å². The molecule has 1 rings (SSSR count). The standard InChI is InChI=1S/C7H11IN2/c1-7(2,3)10-4-6(8)9-5-10/h4-5H,1-3H3. The summed E-state index contributed by atoms with van der Waals surface area (Å²) in [5, 5.41) is 0. The summed E-state index contributed by atoms with van der Waals surface area (Å²) in [6.07, 6.45) is 3.91. The molecule has 0 aliphatic rings. The molecule has 0 aliphatic carbocycles. The molecule has 1 aromatic rings. The topological polar surface area (TPSA) is 17.8 Å². The number of hydrogen-bond acceptors (Lipinski definition) is 1. The molecule has 0 saturated heterocycles. The van der Waals surface area contributed by atoms with E-state index in [2.05, 4.69) is 52.9 Å². The molecule has 56 valence electrons. The molecule has 0 aromatic carbocycles. The molecule has 0 N–H and O–H groups in total. The maximum absolute atomic E-state index is 4.13.